The van der Waals surface area contributed by atoms with Crippen molar-refractivity contribution in [2.75, 3.05) is 45.8 Å². The molecule has 0 aromatic heterocycles. The van der Waals surface area contributed by atoms with Gasteiger partial charge in [-0.2, -0.15) is 8.42 Å². The molecule has 0 saturated heterocycles. The van der Waals surface area contributed by atoms with E-state index in [0.717, 1.165) is 0 Å². The zero-order valence-corrected chi connectivity index (χ0v) is 10.3. The van der Waals surface area contributed by atoms with Crippen molar-refractivity contribution in [1.82, 2.24) is 0 Å². The molecule has 9 nitrogen and oxygen atoms in total. The van der Waals surface area contributed by atoms with Gasteiger partial charge in [-0.1, -0.05) is 5.11 Å². The third-order valence-electron chi connectivity index (χ3n) is 1.01. The SMILES string of the molecule is CS(=O)(=O)O.[N-]=[N+]=NCCOCCOCCO. The molecule has 0 aliphatic rings. The Morgan fingerprint density at radius 2 is 1.71 bits per heavy atom. The zero-order valence-electron chi connectivity index (χ0n) is 9.52. The molecule has 0 heterocycles. The number of hydrogen-bond donors (Lipinski definition) is 2. The summed E-state index contributed by atoms with van der Waals surface area (Å²) < 4.78 is 35.8. The van der Waals surface area contributed by atoms with E-state index in [-0.39, 0.29) is 6.61 Å². The fourth-order valence-electron chi connectivity index (χ4n) is 0.537. The number of hydrogen-bond acceptors (Lipinski definition) is 6. The summed E-state index contributed by atoms with van der Waals surface area (Å²) in [5, 5.41) is 11.6. The standard InChI is InChI=1S/C6H13N3O3.CH4O3S/c7-9-8-1-3-11-5-6-12-4-2-10;1-5(2,3)4/h10H,1-6H2;1H3,(H,2,3,4). The first-order valence-electron chi connectivity index (χ1n) is 4.61. The van der Waals surface area contributed by atoms with Crippen LogP contribution in [0.5, 0.6) is 0 Å². The van der Waals surface area contributed by atoms with Crippen molar-refractivity contribution < 1.29 is 27.6 Å². The molecule has 0 unspecified atom stereocenters. The van der Waals surface area contributed by atoms with Crippen LogP contribution in [0.2, 0.25) is 0 Å². The number of azide groups is 1. The van der Waals surface area contributed by atoms with Gasteiger partial charge in [-0.15, -0.1) is 0 Å². The third kappa shape index (κ3) is 39.5. The van der Waals surface area contributed by atoms with Crippen LogP contribution in [-0.4, -0.2) is 63.9 Å². The Morgan fingerprint density at radius 1 is 1.24 bits per heavy atom. The fourth-order valence-corrected chi connectivity index (χ4v) is 0.537. The molecule has 0 fully saturated rings. The maximum atomic E-state index is 9.19. The lowest BCUT2D eigenvalue weighted by Crippen LogP contribution is -2.08. The van der Waals surface area contributed by atoms with Gasteiger partial charge in [0.1, 0.15) is 0 Å². The summed E-state index contributed by atoms with van der Waals surface area (Å²) in [5.74, 6) is 0. The molecule has 0 aromatic carbocycles. The van der Waals surface area contributed by atoms with Crippen LogP contribution in [0, 0.1) is 0 Å². The predicted molar refractivity (Wildman–Crippen MR) is 60.2 cm³/mol. The van der Waals surface area contributed by atoms with E-state index in [1.54, 1.807) is 0 Å². The highest BCUT2D eigenvalue weighted by atomic mass is 32.2. The summed E-state index contributed by atoms with van der Waals surface area (Å²) >= 11 is 0. The fraction of sp³-hybridized carbons (Fsp3) is 1.00. The van der Waals surface area contributed by atoms with E-state index in [9.17, 15) is 8.42 Å². The van der Waals surface area contributed by atoms with Gasteiger partial charge < -0.3 is 14.6 Å². The van der Waals surface area contributed by atoms with Crippen LogP contribution in [0.25, 0.3) is 10.4 Å². The lowest BCUT2D eigenvalue weighted by atomic mass is 10.7. The lowest BCUT2D eigenvalue weighted by Gasteiger charge is -2.02. The molecule has 0 aromatic rings. The number of ether oxygens (including phenoxy) is 2. The minimum Gasteiger partial charge on any atom is -0.394 e. The summed E-state index contributed by atoms with van der Waals surface area (Å²) in [4.78, 5) is 2.56. The Kier molecular flexibility index (Phi) is 14.3. The van der Waals surface area contributed by atoms with E-state index in [1.807, 2.05) is 0 Å². The van der Waals surface area contributed by atoms with Crippen molar-refractivity contribution >= 4 is 10.1 Å². The predicted octanol–water partition coefficient (Wildman–Crippen LogP) is -0.174. The van der Waals surface area contributed by atoms with Crippen LogP contribution in [0.1, 0.15) is 0 Å². The smallest absolute Gasteiger partial charge is 0.261 e. The number of rotatable bonds is 8. The molecule has 0 rings (SSSR count). The van der Waals surface area contributed by atoms with Gasteiger partial charge in [0.2, 0.25) is 0 Å². The molecule has 0 radical (unpaired) electrons. The summed E-state index contributed by atoms with van der Waals surface area (Å²) in [6.45, 7) is 2.03. The van der Waals surface area contributed by atoms with Crippen LogP contribution >= 0.6 is 0 Å². The van der Waals surface area contributed by atoms with Gasteiger partial charge in [0.25, 0.3) is 10.1 Å². The van der Waals surface area contributed by atoms with Crippen LogP contribution in [0.4, 0.5) is 0 Å². The van der Waals surface area contributed by atoms with Crippen molar-refractivity contribution in [3.63, 3.8) is 0 Å². The second-order valence-corrected chi connectivity index (χ2v) is 4.10. The summed E-state index contributed by atoms with van der Waals surface area (Å²) in [6.07, 6.45) is 0.715. The second kappa shape index (κ2) is 13.2. The zero-order chi connectivity index (χ0) is 13.6. The van der Waals surface area contributed by atoms with Crippen LogP contribution in [0.15, 0.2) is 5.11 Å². The largest absolute Gasteiger partial charge is 0.394 e. The van der Waals surface area contributed by atoms with Crippen LogP contribution in [0.3, 0.4) is 0 Å². The highest BCUT2D eigenvalue weighted by Crippen LogP contribution is 1.79. The molecule has 0 saturated carbocycles. The maximum absolute atomic E-state index is 9.19. The van der Waals surface area contributed by atoms with Crippen molar-refractivity contribution in [2.24, 2.45) is 5.11 Å². The van der Waals surface area contributed by atoms with E-state index in [2.05, 4.69) is 10.0 Å². The molecule has 0 aliphatic carbocycles. The third-order valence-corrected chi connectivity index (χ3v) is 1.01. The summed E-state index contributed by atoms with van der Waals surface area (Å²) in [7, 11) is -3.67. The molecular weight excluding hydrogens is 254 g/mol. The maximum Gasteiger partial charge on any atom is 0.261 e. The van der Waals surface area contributed by atoms with Gasteiger partial charge in [0, 0.05) is 11.5 Å². The average molecular weight is 271 g/mol. The van der Waals surface area contributed by atoms with Gasteiger partial charge >= 0.3 is 0 Å². The number of nitrogens with zero attached hydrogens (tertiary/aromatic N) is 3. The normalized spacial score (nSPS) is 10.1. The summed E-state index contributed by atoms with van der Waals surface area (Å²) in [5.41, 5.74) is 7.89. The minimum atomic E-state index is -3.67. The molecular formula is C7H17N3O6S. The average Bonchev–Trinajstić information content (AvgIpc) is 2.20. The van der Waals surface area contributed by atoms with Crippen molar-refractivity contribution in [3.05, 3.63) is 10.4 Å². The molecule has 10 heteroatoms. The second-order valence-electron chi connectivity index (χ2n) is 2.64. The van der Waals surface area contributed by atoms with Crippen molar-refractivity contribution in [3.8, 4) is 0 Å². The molecule has 0 amide bonds. The van der Waals surface area contributed by atoms with Gasteiger partial charge in [-0.3, -0.25) is 4.55 Å². The Balaban J connectivity index is 0. The van der Waals surface area contributed by atoms with E-state index in [4.69, 9.17) is 24.7 Å². The Hall–Kier alpha value is -0.900. The number of aliphatic hydroxyl groups excluding tert-OH is 1. The molecule has 0 atom stereocenters. The topological polar surface area (TPSA) is 142 Å². The molecule has 17 heavy (non-hydrogen) atoms. The van der Waals surface area contributed by atoms with E-state index >= 15 is 0 Å². The molecule has 0 bridgehead atoms. The quantitative estimate of drug-likeness (QED) is 0.206. The van der Waals surface area contributed by atoms with Crippen LogP contribution < -0.4 is 0 Å². The highest BCUT2D eigenvalue weighted by molar-refractivity contribution is 7.85. The Labute approximate surface area is 99.7 Å². The molecule has 102 valence electrons. The highest BCUT2D eigenvalue weighted by Gasteiger charge is 1.87. The first-order valence-corrected chi connectivity index (χ1v) is 6.46. The van der Waals surface area contributed by atoms with E-state index in [0.29, 0.717) is 39.2 Å². The molecule has 2 N–H and O–H groups in total. The van der Waals surface area contributed by atoms with Crippen molar-refractivity contribution in [2.45, 2.75) is 0 Å². The van der Waals surface area contributed by atoms with Crippen LogP contribution in [-0.2, 0) is 19.6 Å². The minimum absolute atomic E-state index is 0.0265. The Morgan fingerprint density at radius 3 is 2.12 bits per heavy atom. The first-order chi connectivity index (χ1) is 7.91. The van der Waals surface area contributed by atoms with Gasteiger partial charge in [0.05, 0.1) is 39.3 Å². The Bertz CT molecular complexity index is 293. The van der Waals surface area contributed by atoms with Crippen molar-refractivity contribution in [1.29, 1.82) is 0 Å². The van der Waals surface area contributed by atoms with Gasteiger partial charge in [-0.05, 0) is 5.53 Å². The van der Waals surface area contributed by atoms with E-state index < -0.39 is 10.1 Å². The molecule has 0 spiro atoms. The monoisotopic (exact) mass is 271 g/mol. The number of aliphatic hydroxyl groups is 1. The molecule has 0 aliphatic heterocycles. The van der Waals surface area contributed by atoms with Gasteiger partial charge in [0.15, 0.2) is 0 Å². The first kappa shape index (κ1) is 18.5. The van der Waals surface area contributed by atoms with E-state index in [1.165, 1.54) is 0 Å². The summed E-state index contributed by atoms with van der Waals surface area (Å²) in [6, 6.07) is 0. The van der Waals surface area contributed by atoms with Gasteiger partial charge in [-0.25, -0.2) is 0 Å². The lowest BCUT2D eigenvalue weighted by molar-refractivity contribution is 0.0354.